The Balaban J connectivity index is 1.82. The summed E-state index contributed by atoms with van der Waals surface area (Å²) in [4.78, 5) is 16.6. The van der Waals surface area contributed by atoms with Crippen LogP contribution < -0.4 is 9.62 Å². The van der Waals surface area contributed by atoms with Crippen molar-refractivity contribution in [1.82, 2.24) is 4.98 Å². The van der Waals surface area contributed by atoms with Crippen LogP contribution in [0.25, 0.3) is 0 Å². The van der Waals surface area contributed by atoms with E-state index in [9.17, 15) is 27.1 Å². The van der Waals surface area contributed by atoms with Crippen LogP contribution in [0.1, 0.15) is 12.8 Å². The molecule has 0 radical (unpaired) electrons. The van der Waals surface area contributed by atoms with E-state index in [-0.39, 0.29) is 10.6 Å². The number of carbonyl (C=O) groups is 1. The Bertz CT molecular complexity index is 915. The fourth-order valence-corrected chi connectivity index (χ4v) is 3.81. The topological polar surface area (TPSA) is 99.6 Å². The normalized spacial score (nSPS) is 17.3. The highest BCUT2D eigenvalue weighted by atomic mass is 32.2. The van der Waals surface area contributed by atoms with Crippen LogP contribution in [0, 0.1) is 11.6 Å². The smallest absolute Gasteiger partial charge is 0.326 e. The number of halogens is 2. The van der Waals surface area contributed by atoms with E-state index in [1.807, 2.05) is 0 Å². The summed E-state index contributed by atoms with van der Waals surface area (Å²) >= 11 is 0. The monoisotopic (exact) mass is 383 g/mol. The largest absolute Gasteiger partial charge is 0.480 e. The van der Waals surface area contributed by atoms with Gasteiger partial charge in [0.1, 0.15) is 28.4 Å². The minimum Gasteiger partial charge on any atom is -0.480 e. The highest BCUT2D eigenvalue weighted by Gasteiger charge is 2.31. The van der Waals surface area contributed by atoms with Gasteiger partial charge in [-0.3, -0.25) is 4.72 Å². The molecule has 1 aliphatic heterocycles. The molecule has 2 N–H and O–H groups in total. The van der Waals surface area contributed by atoms with Crippen LogP contribution in [0.5, 0.6) is 0 Å². The Labute approximate surface area is 148 Å². The molecule has 1 aromatic heterocycles. The van der Waals surface area contributed by atoms with E-state index in [0.29, 0.717) is 31.3 Å². The van der Waals surface area contributed by atoms with Crippen LogP contribution in [0.2, 0.25) is 0 Å². The molecule has 2 heterocycles. The first-order chi connectivity index (χ1) is 12.3. The first-order valence-corrected chi connectivity index (χ1v) is 9.19. The van der Waals surface area contributed by atoms with Gasteiger partial charge in [0.15, 0.2) is 0 Å². The first kappa shape index (κ1) is 18.1. The Kier molecular flexibility index (Phi) is 4.77. The number of nitrogens with zero attached hydrogens (tertiary/aromatic N) is 2. The molecule has 2 aromatic rings. The van der Waals surface area contributed by atoms with Gasteiger partial charge in [-0.15, -0.1) is 0 Å². The van der Waals surface area contributed by atoms with Crippen molar-refractivity contribution in [1.29, 1.82) is 0 Å². The zero-order valence-electron chi connectivity index (χ0n) is 13.4. The number of carboxylic acid groups (broad SMARTS) is 1. The maximum absolute atomic E-state index is 13.2. The van der Waals surface area contributed by atoms with E-state index in [1.165, 1.54) is 12.1 Å². The molecule has 10 heteroatoms. The minimum atomic E-state index is -4.10. The lowest BCUT2D eigenvalue weighted by atomic mass is 10.2. The van der Waals surface area contributed by atoms with Gasteiger partial charge in [0, 0.05) is 18.8 Å². The molecule has 0 amide bonds. The molecule has 0 saturated carbocycles. The summed E-state index contributed by atoms with van der Waals surface area (Å²) in [5, 5.41) is 9.20. The molecule has 1 aliphatic rings. The number of nitrogens with one attached hydrogen (secondary N) is 1. The third-order valence-corrected chi connectivity index (χ3v) is 5.34. The van der Waals surface area contributed by atoms with Gasteiger partial charge in [-0.1, -0.05) is 0 Å². The van der Waals surface area contributed by atoms with Crippen LogP contribution in [0.15, 0.2) is 41.4 Å². The van der Waals surface area contributed by atoms with E-state index in [2.05, 4.69) is 9.71 Å². The number of hydrogen-bond donors (Lipinski definition) is 2. The van der Waals surface area contributed by atoms with Gasteiger partial charge in [-0.05, 0) is 37.1 Å². The molecule has 3 rings (SSSR count). The summed E-state index contributed by atoms with van der Waals surface area (Å²) in [6.07, 6.45) is 2.26. The number of carboxylic acids is 1. The Morgan fingerprint density at radius 2 is 1.92 bits per heavy atom. The second-order valence-corrected chi connectivity index (χ2v) is 7.49. The number of aromatic nitrogens is 1. The second kappa shape index (κ2) is 6.87. The summed E-state index contributed by atoms with van der Waals surface area (Å²) in [7, 11) is -4.10. The summed E-state index contributed by atoms with van der Waals surface area (Å²) in [5.74, 6) is -2.43. The molecule has 0 spiro atoms. The number of anilines is 2. The van der Waals surface area contributed by atoms with E-state index >= 15 is 0 Å². The maximum Gasteiger partial charge on any atom is 0.326 e. The number of rotatable bonds is 5. The molecule has 0 bridgehead atoms. The number of hydrogen-bond acceptors (Lipinski definition) is 5. The molecule has 1 aromatic carbocycles. The van der Waals surface area contributed by atoms with Crippen molar-refractivity contribution in [2.24, 2.45) is 0 Å². The van der Waals surface area contributed by atoms with Crippen molar-refractivity contribution < 1.29 is 27.1 Å². The molecule has 0 unspecified atom stereocenters. The molecule has 0 aliphatic carbocycles. The molecule has 1 saturated heterocycles. The van der Waals surface area contributed by atoms with Crippen molar-refractivity contribution in [2.45, 2.75) is 23.8 Å². The zero-order valence-corrected chi connectivity index (χ0v) is 14.2. The van der Waals surface area contributed by atoms with E-state index in [0.717, 1.165) is 18.3 Å². The second-order valence-electron chi connectivity index (χ2n) is 5.81. The molecular formula is C16H15F2N3O4S. The quantitative estimate of drug-likeness (QED) is 0.821. The average molecular weight is 383 g/mol. The Morgan fingerprint density at radius 3 is 2.50 bits per heavy atom. The molecule has 138 valence electrons. The predicted octanol–water partition coefficient (Wildman–Crippen LogP) is 2.21. The fraction of sp³-hybridized carbons (Fsp3) is 0.250. The minimum absolute atomic E-state index is 0.211. The van der Waals surface area contributed by atoms with Crippen molar-refractivity contribution in [3.8, 4) is 0 Å². The summed E-state index contributed by atoms with van der Waals surface area (Å²) in [6.45, 7) is 0.511. The van der Waals surface area contributed by atoms with Gasteiger partial charge >= 0.3 is 5.97 Å². The number of pyridine rings is 1. The number of sulfonamides is 1. The Morgan fingerprint density at radius 1 is 1.23 bits per heavy atom. The summed E-state index contributed by atoms with van der Waals surface area (Å²) in [5.41, 5.74) is -0.253. The van der Waals surface area contributed by atoms with Gasteiger partial charge in [0.05, 0.1) is 5.69 Å². The van der Waals surface area contributed by atoms with E-state index < -0.39 is 33.7 Å². The predicted molar refractivity (Wildman–Crippen MR) is 89.4 cm³/mol. The van der Waals surface area contributed by atoms with Crippen molar-refractivity contribution in [2.75, 3.05) is 16.2 Å². The molecular weight excluding hydrogens is 368 g/mol. The van der Waals surface area contributed by atoms with Crippen LogP contribution in [0.4, 0.5) is 20.3 Å². The third kappa shape index (κ3) is 3.74. The van der Waals surface area contributed by atoms with Crippen molar-refractivity contribution >= 4 is 27.5 Å². The van der Waals surface area contributed by atoms with Crippen molar-refractivity contribution in [3.05, 3.63) is 48.2 Å². The maximum atomic E-state index is 13.2. The number of aliphatic carboxylic acids is 1. The molecule has 26 heavy (non-hydrogen) atoms. The lowest BCUT2D eigenvalue weighted by molar-refractivity contribution is -0.138. The van der Waals surface area contributed by atoms with Crippen LogP contribution >= 0.6 is 0 Å². The van der Waals surface area contributed by atoms with Gasteiger partial charge in [0.2, 0.25) is 0 Å². The van der Waals surface area contributed by atoms with Gasteiger partial charge in [0.25, 0.3) is 10.0 Å². The van der Waals surface area contributed by atoms with Crippen molar-refractivity contribution in [3.63, 3.8) is 0 Å². The van der Waals surface area contributed by atoms with Gasteiger partial charge < -0.3 is 10.0 Å². The third-order valence-electron chi connectivity index (χ3n) is 3.98. The standard InChI is InChI=1S/C16H15F2N3O4S/c17-10-6-11(18)8-12(7-10)20-26(24,25)13-3-4-15(19-9-13)21-5-1-2-14(21)16(22)23/h3-4,6-9,14,20H,1-2,5H2,(H,22,23)/t14-/m1/s1. The van der Waals surface area contributed by atoms with Gasteiger partial charge in [-0.2, -0.15) is 0 Å². The average Bonchev–Trinajstić information content (AvgIpc) is 3.03. The number of benzene rings is 1. The summed E-state index contributed by atoms with van der Waals surface area (Å²) < 4.78 is 53.1. The summed E-state index contributed by atoms with van der Waals surface area (Å²) in [6, 6.07) is 4.30. The lowest BCUT2D eigenvalue weighted by Crippen LogP contribution is -2.36. The highest BCUT2D eigenvalue weighted by Crippen LogP contribution is 2.25. The Hall–Kier alpha value is -2.75. The molecule has 1 fully saturated rings. The van der Waals surface area contributed by atoms with Crippen LogP contribution in [-0.2, 0) is 14.8 Å². The molecule has 1 atom stereocenters. The van der Waals surface area contributed by atoms with Crippen LogP contribution in [-0.4, -0.2) is 37.1 Å². The van der Waals surface area contributed by atoms with E-state index in [4.69, 9.17) is 0 Å². The van der Waals surface area contributed by atoms with E-state index in [1.54, 1.807) is 4.90 Å². The van der Waals surface area contributed by atoms with Crippen LogP contribution in [0.3, 0.4) is 0 Å². The highest BCUT2D eigenvalue weighted by molar-refractivity contribution is 7.92. The first-order valence-electron chi connectivity index (χ1n) is 7.71. The lowest BCUT2D eigenvalue weighted by Gasteiger charge is -2.22. The zero-order chi connectivity index (χ0) is 18.9. The SMILES string of the molecule is O=C(O)[C@H]1CCCN1c1ccc(S(=O)(=O)Nc2cc(F)cc(F)c2)cn1. The molecule has 7 nitrogen and oxygen atoms in total. The van der Waals surface area contributed by atoms with Gasteiger partial charge in [-0.25, -0.2) is 27.0 Å². The fourth-order valence-electron chi connectivity index (χ4n) is 2.83.